The monoisotopic (exact) mass is 348 g/mol. The maximum Gasteiger partial charge on any atom is 0.117 e. The van der Waals surface area contributed by atoms with Gasteiger partial charge in [0.15, 0.2) is 0 Å². The third-order valence-electron chi connectivity index (χ3n) is 6.05. The Balaban J connectivity index is 1.23. The Morgan fingerprint density at radius 3 is 2.60 bits per heavy atom. The highest BCUT2D eigenvalue weighted by Crippen LogP contribution is 2.19. The highest BCUT2D eigenvalue weighted by atomic mass is 16.5. The molecule has 0 bridgehead atoms. The number of nitrogens with one attached hydrogen (secondary N) is 1. The van der Waals surface area contributed by atoms with Crippen molar-refractivity contribution in [1.82, 2.24) is 20.0 Å². The Labute approximate surface area is 151 Å². The van der Waals surface area contributed by atoms with Crippen LogP contribution in [0.5, 0.6) is 0 Å². The van der Waals surface area contributed by atoms with E-state index >= 15 is 0 Å². The lowest BCUT2D eigenvalue weighted by Crippen LogP contribution is -2.57. The molecule has 140 valence electrons. The van der Waals surface area contributed by atoms with Gasteiger partial charge < -0.3 is 19.4 Å². The molecule has 6 nitrogen and oxygen atoms in total. The van der Waals surface area contributed by atoms with Gasteiger partial charge in [0.25, 0.3) is 0 Å². The molecule has 3 fully saturated rings. The smallest absolute Gasteiger partial charge is 0.117 e. The highest BCUT2D eigenvalue weighted by Gasteiger charge is 2.35. The number of rotatable bonds is 5. The topological polar surface area (TPSA) is 44.1 Å². The second kappa shape index (κ2) is 8.18. The summed E-state index contributed by atoms with van der Waals surface area (Å²) in [5, 5.41) is 3.93. The molecule has 0 aromatic carbocycles. The van der Waals surface area contributed by atoms with Gasteiger partial charge in [-0.3, -0.25) is 9.80 Å². The maximum absolute atomic E-state index is 5.84. The van der Waals surface area contributed by atoms with Gasteiger partial charge in [-0.1, -0.05) is 0 Å². The predicted molar refractivity (Wildman–Crippen MR) is 97.6 cm³/mol. The standard InChI is InChI=1S/C19H32N4O2/c1-21-8-10-23(11-9-21)19-15-24-14-18(19)20-16-4-6-22(7-5-16)13-17-3-2-12-25-17/h2-3,12,16,18-20H,4-11,13-15H2,1H3/t18-,19-/m0/s1. The average Bonchev–Trinajstić information content (AvgIpc) is 3.29. The second-order valence-corrected chi connectivity index (χ2v) is 7.85. The summed E-state index contributed by atoms with van der Waals surface area (Å²) >= 11 is 0. The van der Waals surface area contributed by atoms with Crippen molar-refractivity contribution in [2.45, 2.75) is 37.5 Å². The van der Waals surface area contributed by atoms with E-state index in [1.54, 1.807) is 6.26 Å². The summed E-state index contributed by atoms with van der Waals surface area (Å²) in [7, 11) is 2.22. The maximum atomic E-state index is 5.84. The molecule has 1 N–H and O–H groups in total. The SMILES string of the molecule is CN1CCN([C@H]2COC[C@@H]2NC2CCN(Cc3ccco3)CC2)CC1. The van der Waals surface area contributed by atoms with Crippen LogP contribution in [0.25, 0.3) is 0 Å². The van der Waals surface area contributed by atoms with Gasteiger partial charge in [0.2, 0.25) is 0 Å². The molecule has 4 heterocycles. The van der Waals surface area contributed by atoms with E-state index in [9.17, 15) is 0 Å². The number of likely N-dealkylation sites (tertiary alicyclic amines) is 1. The van der Waals surface area contributed by atoms with E-state index in [0.717, 1.165) is 38.6 Å². The molecule has 3 aliphatic rings. The van der Waals surface area contributed by atoms with Gasteiger partial charge in [0.05, 0.1) is 32.1 Å². The van der Waals surface area contributed by atoms with E-state index in [4.69, 9.17) is 9.15 Å². The Bertz CT molecular complexity index is 508. The van der Waals surface area contributed by atoms with Crippen LogP contribution in [-0.4, -0.2) is 92.4 Å². The number of ether oxygens (including phenoxy) is 1. The van der Waals surface area contributed by atoms with E-state index < -0.39 is 0 Å². The lowest BCUT2D eigenvalue weighted by atomic mass is 10.0. The quantitative estimate of drug-likeness (QED) is 0.851. The van der Waals surface area contributed by atoms with E-state index in [0.29, 0.717) is 18.1 Å². The molecular formula is C19H32N4O2. The van der Waals surface area contributed by atoms with Crippen molar-refractivity contribution in [2.24, 2.45) is 0 Å². The van der Waals surface area contributed by atoms with E-state index in [1.807, 2.05) is 6.07 Å². The number of hydrogen-bond donors (Lipinski definition) is 1. The highest BCUT2D eigenvalue weighted by molar-refractivity contribution is 4.99. The van der Waals surface area contributed by atoms with Gasteiger partial charge in [-0.2, -0.15) is 0 Å². The molecule has 0 amide bonds. The van der Waals surface area contributed by atoms with Crippen LogP contribution in [0.3, 0.4) is 0 Å². The van der Waals surface area contributed by atoms with Crippen molar-refractivity contribution in [3.8, 4) is 0 Å². The lowest BCUT2D eigenvalue weighted by molar-refractivity contribution is 0.0882. The van der Waals surface area contributed by atoms with E-state index in [-0.39, 0.29) is 0 Å². The summed E-state index contributed by atoms with van der Waals surface area (Å²) in [4.78, 5) is 7.56. The summed E-state index contributed by atoms with van der Waals surface area (Å²) in [5.41, 5.74) is 0. The van der Waals surface area contributed by atoms with Gasteiger partial charge in [0.1, 0.15) is 5.76 Å². The molecule has 3 saturated heterocycles. The van der Waals surface area contributed by atoms with E-state index in [1.165, 1.54) is 39.0 Å². The molecule has 0 unspecified atom stereocenters. The first-order chi connectivity index (χ1) is 12.3. The van der Waals surface area contributed by atoms with Crippen molar-refractivity contribution in [1.29, 1.82) is 0 Å². The van der Waals surface area contributed by atoms with Gasteiger partial charge in [-0.05, 0) is 32.0 Å². The zero-order valence-corrected chi connectivity index (χ0v) is 15.4. The second-order valence-electron chi connectivity index (χ2n) is 7.85. The number of piperazine rings is 1. The van der Waals surface area contributed by atoms with Gasteiger partial charge >= 0.3 is 0 Å². The first kappa shape index (κ1) is 17.5. The largest absolute Gasteiger partial charge is 0.468 e. The Hall–Kier alpha value is -0.920. The molecule has 1 aromatic heterocycles. The van der Waals surface area contributed by atoms with Crippen LogP contribution in [0.1, 0.15) is 18.6 Å². The molecule has 2 atom stereocenters. The van der Waals surface area contributed by atoms with Gasteiger partial charge in [-0.25, -0.2) is 0 Å². The van der Waals surface area contributed by atoms with Crippen LogP contribution in [0, 0.1) is 0 Å². The van der Waals surface area contributed by atoms with Crippen molar-refractivity contribution < 1.29 is 9.15 Å². The minimum Gasteiger partial charge on any atom is -0.468 e. The molecule has 0 radical (unpaired) electrons. The fourth-order valence-corrected chi connectivity index (χ4v) is 4.40. The third kappa shape index (κ3) is 4.44. The molecule has 0 spiro atoms. The zero-order chi connectivity index (χ0) is 17.1. The van der Waals surface area contributed by atoms with Crippen LogP contribution >= 0.6 is 0 Å². The molecule has 25 heavy (non-hydrogen) atoms. The molecule has 6 heteroatoms. The summed E-state index contributed by atoms with van der Waals surface area (Å²) in [6, 6.07) is 5.71. The number of hydrogen-bond acceptors (Lipinski definition) is 6. The van der Waals surface area contributed by atoms with Crippen LogP contribution in [-0.2, 0) is 11.3 Å². The molecule has 4 rings (SSSR count). The van der Waals surface area contributed by atoms with Gasteiger partial charge in [0, 0.05) is 51.4 Å². The normalized spacial score (nSPS) is 30.9. The summed E-state index contributed by atoms with van der Waals surface area (Å²) in [5.74, 6) is 1.07. The van der Waals surface area contributed by atoms with E-state index in [2.05, 4.69) is 33.1 Å². The van der Waals surface area contributed by atoms with Crippen molar-refractivity contribution >= 4 is 0 Å². The number of furan rings is 1. The van der Waals surface area contributed by atoms with Crippen molar-refractivity contribution in [3.05, 3.63) is 24.2 Å². The van der Waals surface area contributed by atoms with Crippen LogP contribution < -0.4 is 5.32 Å². The molecular weight excluding hydrogens is 316 g/mol. The molecule has 3 aliphatic heterocycles. The van der Waals surface area contributed by atoms with Crippen molar-refractivity contribution in [3.63, 3.8) is 0 Å². The Kier molecular flexibility index (Phi) is 5.73. The lowest BCUT2D eigenvalue weighted by Gasteiger charge is -2.40. The molecule has 1 aromatic rings. The van der Waals surface area contributed by atoms with Crippen molar-refractivity contribution in [2.75, 3.05) is 59.5 Å². The fraction of sp³-hybridized carbons (Fsp3) is 0.789. The molecule has 0 aliphatic carbocycles. The summed E-state index contributed by atoms with van der Waals surface area (Å²) < 4.78 is 11.3. The summed E-state index contributed by atoms with van der Waals surface area (Å²) in [6.45, 7) is 9.67. The number of piperidine rings is 1. The first-order valence-electron chi connectivity index (χ1n) is 9.79. The minimum absolute atomic E-state index is 0.491. The summed E-state index contributed by atoms with van der Waals surface area (Å²) in [6.07, 6.45) is 4.20. The van der Waals surface area contributed by atoms with Crippen LogP contribution in [0.2, 0.25) is 0 Å². The minimum atomic E-state index is 0.491. The predicted octanol–water partition coefficient (Wildman–Crippen LogP) is 0.848. The first-order valence-corrected chi connectivity index (χ1v) is 9.79. The van der Waals surface area contributed by atoms with Gasteiger partial charge in [-0.15, -0.1) is 0 Å². The number of nitrogens with zero attached hydrogens (tertiary/aromatic N) is 3. The zero-order valence-electron chi connectivity index (χ0n) is 15.4. The Morgan fingerprint density at radius 2 is 1.88 bits per heavy atom. The van der Waals surface area contributed by atoms with Crippen LogP contribution in [0.15, 0.2) is 22.8 Å². The average molecular weight is 348 g/mol. The fourth-order valence-electron chi connectivity index (χ4n) is 4.40. The Morgan fingerprint density at radius 1 is 1.08 bits per heavy atom. The third-order valence-corrected chi connectivity index (χ3v) is 6.05. The van der Waals surface area contributed by atoms with Crippen LogP contribution in [0.4, 0.5) is 0 Å². The molecule has 0 saturated carbocycles. The number of likely N-dealkylation sites (N-methyl/N-ethyl adjacent to an activating group) is 1.